The molecule has 0 saturated heterocycles. The van der Waals surface area contributed by atoms with Crippen LogP contribution in [0.15, 0.2) is 23.1 Å². The largest absolute Gasteiger partial charge is 0.417 e. The van der Waals surface area contributed by atoms with Gasteiger partial charge >= 0.3 is 0 Å². The first-order chi connectivity index (χ1) is 10.3. The van der Waals surface area contributed by atoms with Crippen molar-refractivity contribution in [1.29, 1.82) is 0 Å². The molecule has 0 aliphatic rings. The minimum absolute atomic E-state index is 0.0318. The maximum absolute atomic E-state index is 11.2. The summed E-state index contributed by atoms with van der Waals surface area (Å²) in [7, 11) is -5.82. The SMILES string of the molecule is Cc1ccc(S(=O)(=O)O)cc1CCCCO[Si](C)(C)C(C)(C)C. The van der Waals surface area contributed by atoms with E-state index in [0.29, 0.717) is 0 Å². The summed E-state index contributed by atoms with van der Waals surface area (Å²) >= 11 is 0. The van der Waals surface area contributed by atoms with Crippen molar-refractivity contribution in [2.45, 2.75) is 70.0 Å². The van der Waals surface area contributed by atoms with Gasteiger partial charge in [0.05, 0.1) is 4.90 Å². The molecule has 1 aromatic rings. The lowest BCUT2D eigenvalue weighted by Crippen LogP contribution is -2.40. The standard InChI is InChI=1S/C17H30O4SSi/c1-14-10-11-16(22(18,19)20)13-15(14)9-7-8-12-21-23(5,6)17(2,3)4/h10-11,13H,7-9,12H2,1-6H3,(H,18,19,20). The predicted octanol–water partition coefficient (Wildman–Crippen LogP) is 4.59. The van der Waals surface area contributed by atoms with Crippen LogP contribution in [0, 0.1) is 6.92 Å². The second-order valence-corrected chi connectivity index (χ2v) is 13.9. The zero-order valence-corrected chi connectivity index (χ0v) is 17.0. The first-order valence-corrected chi connectivity index (χ1v) is 12.4. The van der Waals surface area contributed by atoms with Crippen LogP contribution in [0.1, 0.15) is 44.7 Å². The Balaban J connectivity index is 2.54. The van der Waals surface area contributed by atoms with E-state index in [1.165, 1.54) is 6.07 Å². The van der Waals surface area contributed by atoms with Crippen LogP contribution in [0.25, 0.3) is 0 Å². The molecule has 0 aromatic heterocycles. The van der Waals surface area contributed by atoms with Gasteiger partial charge in [-0.15, -0.1) is 0 Å². The first kappa shape index (κ1) is 20.4. The Morgan fingerprint density at radius 1 is 1.17 bits per heavy atom. The van der Waals surface area contributed by atoms with Gasteiger partial charge in [-0.1, -0.05) is 26.8 Å². The van der Waals surface area contributed by atoms with Crippen LogP contribution in [0.4, 0.5) is 0 Å². The smallest absolute Gasteiger partial charge is 0.294 e. The van der Waals surface area contributed by atoms with Gasteiger partial charge in [0.15, 0.2) is 8.32 Å². The second-order valence-electron chi connectivity index (χ2n) is 7.63. The van der Waals surface area contributed by atoms with Crippen molar-refractivity contribution in [2.75, 3.05) is 6.61 Å². The topological polar surface area (TPSA) is 63.6 Å². The van der Waals surface area contributed by atoms with Crippen molar-refractivity contribution in [3.05, 3.63) is 29.3 Å². The maximum atomic E-state index is 11.2. The highest BCUT2D eigenvalue weighted by molar-refractivity contribution is 7.85. The van der Waals surface area contributed by atoms with Gasteiger partial charge in [0.1, 0.15) is 0 Å². The van der Waals surface area contributed by atoms with Gasteiger partial charge < -0.3 is 4.43 Å². The van der Waals surface area contributed by atoms with Gasteiger partial charge in [-0.05, 0) is 67.6 Å². The van der Waals surface area contributed by atoms with E-state index in [2.05, 4.69) is 33.9 Å². The predicted molar refractivity (Wildman–Crippen MR) is 97.1 cm³/mol. The monoisotopic (exact) mass is 358 g/mol. The van der Waals surface area contributed by atoms with E-state index < -0.39 is 18.4 Å². The molecule has 1 N–H and O–H groups in total. The Morgan fingerprint density at radius 2 is 1.78 bits per heavy atom. The van der Waals surface area contributed by atoms with Gasteiger partial charge in [0.2, 0.25) is 0 Å². The lowest BCUT2D eigenvalue weighted by Gasteiger charge is -2.36. The van der Waals surface area contributed by atoms with Crippen LogP contribution in [-0.2, 0) is 21.0 Å². The number of unbranched alkanes of at least 4 members (excludes halogenated alkanes) is 1. The van der Waals surface area contributed by atoms with Crippen molar-refractivity contribution < 1.29 is 17.4 Å². The summed E-state index contributed by atoms with van der Waals surface area (Å²) in [5.74, 6) is 0. The Bertz CT molecular complexity index is 630. The molecular formula is C17H30O4SSi. The zero-order chi connectivity index (χ0) is 17.9. The lowest BCUT2D eigenvalue weighted by molar-refractivity contribution is 0.279. The van der Waals surface area contributed by atoms with Gasteiger partial charge in [0.25, 0.3) is 10.1 Å². The van der Waals surface area contributed by atoms with Crippen molar-refractivity contribution in [3.63, 3.8) is 0 Å². The Morgan fingerprint density at radius 3 is 2.30 bits per heavy atom. The molecular weight excluding hydrogens is 328 g/mol. The molecule has 1 rings (SSSR count). The summed E-state index contributed by atoms with van der Waals surface area (Å²) in [6.45, 7) is 13.9. The van der Waals surface area contributed by atoms with E-state index in [-0.39, 0.29) is 9.93 Å². The molecule has 0 saturated carbocycles. The van der Waals surface area contributed by atoms with E-state index in [1.54, 1.807) is 12.1 Å². The van der Waals surface area contributed by atoms with Gasteiger partial charge in [-0.2, -0.15) is 8.42 Å². The van der Waals surface area contributed by atoms with Crippen LogP contribution in [0.2, 0.25) is 18.1 Å². The summed E-state index contributed by atoms with van der Waals surface area (Å²) < 4.78 is 37.7. The average Bonchev–Trinajstić information content (AvgIpc) is 2.37. The maximum Gasteiger partial charge on any atom is 0.294 e. The van der Waals surface area contributed by atoms with Crippen molar-refractivity contribution in [2.24, 2.45) is 0 Å². The van der Waals surface area contributed by atoms with Crippen molar-refractivity contribution in [3.8, 4) is 0 Å². The van der Waals surface area contributed by atoms with Crippen LogP contribution < -0.4 is 0 Å². The molecule has 1 aromatic carbocycles. The Hall–Kier alpha value is -0.693. The lowest BCUT2D eigenvalue weighted by atomic mass is 10.0. The highest BCUT2D eigenvalue weighted by Gasteiger charge is 2.36. The molecule has 0 atom stereocenters. The molecule has 0 radical (unpaired) electrons. The average molecular weight is 359 g/mol. The molecule has 0 aliphatic carbocycles. The summed E-state index contributed by atoms with van der Waals surface area (Å²) in [5, 5.41) is 0.216. The quantitative estimate of drug-likeness (QED) is 0.440. The first-order valence-electron chi connectivity index (χ1n) is 8.05. The molecule has 0 heterocycles. The summed E-state index contributed by atoms with van der Waals surface area (Å²) in [6, 6.07) is 4.75. The third-order valence-electron chi connectivity index (χ3n) is 4.73. The number of benzene rings is 1. The van der Waals surface area contributed by atoms with Crippen LogP contribution >= 0.6 is 0 Å². The molecule has 0 spiro atoms. The molecule has 132 valence electrons. The van der Waals surface area contributed by atoms with Crippen LogP contribution in [0.3, 0.4) is 0 Å². The minimum atomic E-state index is -4.13. The number of rotatable bonds is 7. The minimum Gasteiger partial charge on any atom is -0.417 e. The Labute approximate surface area is 142 Å². The molecule has 0 fully saturated rings. The van der Waals surface area contributed by atoms with E-state index in [0.717, 1.165) is 37.0 Å². The number of hydrogen-bond acceptors (Lipinski definition) is 3. The van der Waals surface area contributed by atoms with E-state index >= 15 is 0 Å². The van der Waals surface area contributed by atoms with Gasteiger partial charge in [-0.25, -0.2) is 0 Å². The summed E-state index contributed by atoms with van der Waals surface area (Å²) in [6.07, 6.45) is 2.67. The third-order valence-corrected chi connectivity index (χ3v) is 10.1. The normalized spacial score (nSPS) is 13.3. The van der Waals surface area contributed by atoms with Crippen molar-refractivity contribution >= 4 is 18.4 Å². The fourth-order valence-electron chi connectivity index (χ4n) is 2.04. The summed E-state index contributed by atoms with van der Waals surface area (Å²) in [4.78, 5) is -0.0318. The van der Waals surface area contributed by atoms with E-state index in [9.17, 15) is 8.42 Å². The fraction of sp³-hybridized carbons (Fsp3) is 0.647. The van der Waals surface area contributed by atoms with E-state index in [1.807, 2.05) is 6.92 Å². The molecule has 23 heavy (non-hydrogen) atoms. The van der Waals surface area contributed by atoms with Gasteiger partial charge in [-0.3, -0.25) is 4.55 Å². The molecule has 0 unspecified atom stereocenters. The second kappa shape index (κ2) is 7.47. The summed E-state index contributed by atoms with van der Waals surface area (Å²) in [5.41, 5.74) is 2.01. The number of hydrogen-bond donors (Lipinski definition) is 1. The zero-order valence-electron chi connectivity index (χ0n) is 15.1. The highest BCUT2D eigenvalue weighted by atomic mass is 32.2. The molecule has 0 bridgehead atoms. The number of aryl methyl sites for hydroxylation is 2. The fourth-order valence-corrected chi connectivity index (χ4v) is 3.66. The van der Waals surface area contributed by atoms with Crippen molar-refractivity contribution in [1.82, 2.24) is 0 Å². The van der Waals surface area contributed by atoms with Gasteiger partial charge in [0, 0.05) is 6.61 Å². The molecule has 4 nitrogen and oxygen atoms in total. The third kappa shape index (κ3) is 6.03. The molecule has 0 aliphatic heterocycles. The van der Waals surface area contributed by atoms with Crippen LogP contribution in [-0.4, -0.2) is 27.9 Å². The Kier molecular flexibility index (Phi) is 6.61. The molecule has 0 amide bonds. The van der Waals surface area contributed by atoms with Crippen LogP contribution in [0.5, 0.6) is 0 Å². The molecule has 6 heteroatoms. The highest BCUT2D eigenvalue weighted by Crippen LogP contribution is 2.36. The van der Waals surface area contributed by atoms with E-state index in [4.69, 9.17) is 8.98 Å².